The highest BCUT2D eigenvalue weighted by atomic mass is 32.2. The Kier molecular flexibility index (Phi) is 8.64. The number of fused-ring (bicyclic) bond motifs is 1. The highest BCUT2D eigenvalue weighted by Crippen LogP contribution is 2.44. The zero-order valence-electron chi connectivity index (χ0n) is 25.1. The molecule has 3 atom stereocenters. The standard InChI is InChI=1S/C35H43N3O3S/c1-35(2,3)41-34(39)27-11-9-26(10-12-27)24-37-18-15-25(16-19-37)23-36-32-22-31(32)28-13-14-33-29(21-28)17-20-38(33)42(40)30-7-5-4-6-8-30/h4-14,21,25,31-32,36H,15-20,22-24H2,1-3H3. The fourth-order valence-electron chi connectivity index (χ4n) is 6.26. The molecule has 3 aromatic carbocycles. The van der Waals surface area contributed by atoms with Gasteiger partial charge in [0.15, 0.2) is 4.90 Å². The number of hydrogen-bond donors (Lipinski definition) is 1. The van der Waals surface area contributed by atoms with Gasteiger partial charge in [-0.25, -0.2) is 4.79 Å². The summed E-state index contributed by atoms with van der Waals surface area (Å²) in [6.07, 6.45) is 4.59. The summed E-state index contributed by atoms with van der Waals surface area (Å²) in [5.41, 5.74) is 5.24. The Labute approximate surface area is 253 Å². The Morgan fingerprint density at radius 1 is 1.00 bits per heavy atom. The molecular weight excluding hydrogens is 542 g/mol. The first-order valence-electron chi connectivity index (χ1n) is 15.4. The van der Waals surface area contributed by atoms with E-state index in [1.165, 1.54) is 36.0 Å². The lowest BCUT2D eigenvalue weighted by Crippen LogP contribution is -2.37. The van der Waals surface area contributed by atoms with Gasteiger partial charge in [0.2, 0.25) is 0 Å². The van der Waals surface area contributed by atoms with Gasteiger partial charge in [-0.2, -0.15) is 4.31 Å². The fourth-order valence-corrected chi connectivity index (χ4v) is 7.51. The first kappa shape index (κ1) is 29.2. The van der Waals surface area contributed by atoms with E-state index in [0.717, 1.165) is 55.6 Å². The molecule has 3 aromatic rings. The number of benzene rings is 3. The third-order valence-corrected chi connectivity index (χ3v) is 10.1. The van der Waals surface area contributed by atoms with E-state index in [-0.39, 0.29) is 5.97 Å². The van der Waals surface area contributed by atoms with Crippen LogP contribution in [-0.4, -0.2) is 53.2 Å². The average Bonchev–Trinajstić information content (AvgIpc) is 3.65. The van der Waals surface area contributed by atoms with E-state index in [2.05, 4.69) is 40.5 Å². The number of hydrogen-bond acceptors (Lipinski definition) is 6. The molecule has 0 radical (unpaired) electrons. The molecule has 0 bridgehead atoms. The second-order valence-electron chi connectivity index (χ2n) is 13.1. The Bertz CT molecular complexity index is 1370. The fraction of sp³-hybridized carbons (Fsp3) is 0.457. The van der Waals surface area contributed by atoms with Crippen LogP contribution in [0.15, 0.2) is 77.7 Å². The van der Waals surface area contributed by atoms with Crippen LogP contribution in [0.1, 0.15) is 73.0 Å². The molecule has 1 saturated heterocycles. The van der Waals surface area contributed by atoms with Crippen LogP contribution in [0.2, 0.25) is 0 Å². The van der Waals surface area contributed by atoms with Crippen molar-refractivity contribution in [2.45, 2.75) is 75.5 Å². The Balaban J connectivity index is 0.930. The number of anilines is 1. The van der Waals surface area contributed by atoms with E-state index in [4.69, 9.17) is 4.74 Å². The summed E-state index contributed by atoms with van der Waals surface area (Å²) < 4.78 is 20.6. The molecule has 2 aliphatic heterocycles. The number of rotatable bonds is 9. The smallest absolute Gasteiger partial charge is 0.338 e. The number of carbonyl (C=O) groups excluding carboxylic acids is 1. The number of esters is 1. The zero-order chi connectivity index (χ0) is 29.3. The van der Waals surface area contributed by atoms with Crippen LogP contribution in [-0.2, 0) is 29.1 Å². The van der Waals surface area contributed by atoms with Crippen LogP contribution in [0.3, 0.4) is 0 Å². The Morgan fingerprint density at radius 3 is 2.45 bits per heavy atom. The molecule has 1 aliphatic carbocycles. The zero-order valence-corrected chi connectivity index (χ0v) is 25.9. The van der Waals surface area contributed by atoms with E-state index < -0.39 is 17.0 Å². The van der Waals surface area contributed by atoms with Crippen molar-refractivity contribution in [3.63, 3.8) is 0 Å². The van der Waals surface area contributed by atoms with Crippen molar-refractivity contribution in [1.82, 2.24) is 10.2 Å². The maximum Gasteiger partial charge on any atom is 0.338 e. The highest BCUT2D eigenvalue weighted by Gasteiger charge is 2.39. The number of likely N-dealkylation sites (tertiary alicyclic amines) is 1. The van der Waals surface area contributed by atoms with Gasteiger partial charge in [-0.1, -0.05) is 42.5 Å². The lowest BCUT2D eigenvalue weighted by Gasteiger charge is -2.32. The number of piperidine rings is 1. The second kappa shape index (κ2) is 12.4. The van der Waals surface area contributed by atoms with Gasteiger partial charge < -0.3 is 14.6 Å². The maximum absolute atomic E-state index is 13.1. The topological polar surface area (TPSA) is 67.9 Å². The molecule has 6 nitrogen and oxygen atoms in total. The number of nitrogens with one attached hydrogen (secondary N) is 1. The van der Waals surface area contributed by atoms with Crippen LogP contribution >= 0.6 is 0 Å². The highest BCUT2D eigenvalue weighted by molar-refractivity contribution is 7.92. The summed E-state index contributed by atoms with van der Waals surface area (Å²) in [6, 6.07) is 25.0. The molecule has 42 heavy (non-hydrogen) atoms. The van der Waals surface area contributed by atoms with Gasteiger partial charge >= 0.3 is 5.97 Å². The third-order valence-electron chi connectivity index (χ3n) is 8.69. The summed E-state index contributed by atoms with van der Waals surface area (Å²) in [5, 5.41) is 3.87. The number of ether oxygens (including phenoxy) is 1. The van der Waals surface area contributed by atoms with E-state index in [0.29, 0.717) is 17.5 Å². The molecule has 7 heteroatoms. The summed E-state index contributed by atoms with van der Waals surface area (Å²) in [6.45, 7) is 10.7. The molecule has 6 rings (SSSR count). The minimum Gasteiger partial charge on any atom is -0.588 e. The minimum atomic E-state index is -1.15. The van der Waals surface area contributed by atoms with Gasteiger partial charge in [-0.05, 0) is 119 Å². The van der Waals surface area contributed by atoms with Gasteiger partial charge in [0.25, 0.3) is 0 Å². The SMILES string of the molecule is CC(C)(C)OC(=O)c1ccc(CN2CCC(CNC3CC3c3ccc4c(c3)CCN4[S+]([O-])c3ccccc3)CC2)cc1. The first-order valence-corrected chi connectivity index (χ1v) is 16.5. The monoisotopic (exact) mass is 585 g/mol. The summed E-state index contributed by atoms with van der Waals surface area (Å²) in [7, 11) is 0. The Morgan fingerprint density at radius 2 is 1.74 bits per heavy atom. The van der Waals surface area contributed by atoms with Crippen LogP contribution in [0.4, 0.5) is 5.69 Å². The molecule has 2 fully saturated rings. The molecule has 2 heterocycles. The summed E-state index contributed by atoms with van der Waals surface area (Å²) in [5.74, 6) is 1.05. The molecular formula is C35H43N3O3S. The first-order chi connectivity index (χ1) is 20.2. The molecule has 222 valence electrons. The molecule has 1 N–H and O–H groups in total. The van der Waals surface area contributed by atoms with Crippen molar-refractivity contribution in [2.24, 2.45) is 5.92 Å². The second-order valence-corrected chi connectivity index (χ2v) is 14.5. The lowest BCUT2D eigenvalue weighted by molar-refractivity contribution is 0.00694. The van der Waals surface area contributed by atoms with Gasteiger partial charge in [0, 0.05) is 18.5 Å². The van der Waals surface area contributed by atoms with Gasteiger partial charge in [-0.3, -0.25) is 4.90 Å². The van der Waals surface area contributed by atoms with E-state index >= 15 is 0 Å². The molecule has 3 aliphatic rings. The Hall–Kier alpha value is -2.84. The van der Waals surface area contributed by atoms with Crippen LogP contribution < -0.4 is 9.62 Å². The van der Waals surface area contributed by atoms with Gasteiger partial charge in [-0.15, -0.1) is 0 Å². The minimum absolute atomic E-state index is 0.264. The largest absolute Gasteiger partial charge is 0.588 e. The predicted molar refractivity (Wildman–Crippen MR) is 169 cm³/mol. The molecule has 0 spiro atoms. The summed E-state index contributed by atoms with van der Waals surface area (Å²) in [4.78, 5) is 15.7. The third kappa shape index (κ3) is 7.03. The molecule has 3 unspecified atom stereocenters. The van der Waals surface area contributed by atoms with Crippen molar-refractivity contribution in [3.05, 3.63) is 95.1 Å². The van der Waals surface area contributed by atoms with Crippen molar-refractivity contribution < 1.29 is 14.1 Å². The van der Waals surface area contributed by atoms with Crippen molar-refractivity contribution >= 4 is 23.0 Å². The normalized spacial score (nSPS) is 21.7. The van der Waals surface area contributed by atoms with Gasteiger partial charge in [0.1, 0.15) is 17.0 Å². The number of carbonyl (C=O) groups is 1. The average molecular weight is 586 g/mol. The maximum atomic E-state index is 13.1. The number of nitrogens with zero attached hydrogens (tertiary/aromatic N) is 2. The molecule has 0 aromatic heterocycles. The van der Waals surface area contributed by atoms with Crippen molar-refractivity contribution in [1.29, 1.82) is 0 Å². The lowest BCUT2D eigenvalue weighted by atomic mass is 9.96. The van der Waals surface area contributed by atoms with E-state index in [1.54, 1.807) is 0 Å². The summed E-state index contributed by atoms with van der Waals surface area (Å²) >= 11 is -1.15. The van der Waals surface area contributed by atoms with Crippen LogP contribution in [0.25, 0.3) is 0 Å². The molecule has 1 saturated carbocycles. The van der Waals surface area contributed by atoms with Crippen LogP contribution in [0.5, 0.6) is 0 Å². The molecule has 0 amide bonds. The van der Waals surface area contributed by atoms with Crippen LogP contribution in [0, 0.1) is 5.92 Å². The van der Waals surface area contributed by atoms with Crippen molar-refractivity contribution in [2.75, 3.05) is 30.5 Å². The van der Waals surface area contributed by atoms with E-state index in [1.807, 2.05) is 67.5 Å². The van der Waals surface area contributed by atoms with Gasteiger partial charge in [0.05, 0.1) is 17.8 Å². The quantitative estimate of drug-likeness (QED) is 0.242. The predicted octanol–water partition coefficient (Wildman–Crippen LogP) is 6.08. The van der Waals surface area contributed by atoms with E-state index in [9.17, 15) is 9.35 Å². The van der Waals surface area contributed by atoms with Crippen molar-refractivity contribution in [3.8, 4) is 0 Å².